The van der Waals surface area contributed by atoms with Crippen LogP contribution < -0.4 is 0 Å². The van der Waals surface area contributed by atoms with Crippen molar-refractivity contribution in [2.24, 2.45) is 0 Å². The van der Waals surface area contributed by atoms with Crippen LogP contribution in [0, 0.1) is 11.3 Å². The van der Waals surface area contributed by atoms with E-state index in [0.717, 1.165) is 60.0 Å². The molecule has 0 spiro atoms. The molecule has 0 atom stereocenters. The average molecular weight is 321 g/mol. The smallest absolute Gasteiger partial charge is 0.165 e. The van der Waals surface area contributed by atoms with Gasteiger partial charge in [0.2, 0.25) is 0 Å². The van der Waals surface area contributed by atoms with Crippen molar-refractivity contribution in [2.45, 2.75) is 70.8 Å². The summed E-state index contributed by atoms with van der Waals surface area (Å²) in [7, 11) is 0. The lowest BCUT2D eigenvalue weighted by atomic mass is 9.95. The third-order valence-corrected chi connectivity index (χ3v) is 5.59. The molecule has 4 heteroatoms. The Morgan fingerprint density at radius 3 is 2.79 bits per heavy atom. The van der Waals surface area contributed by atoms with Crippen LogP contribution in [0.4, 0.5) is 0 Å². The molecule has 2 heterocycles. The van der Waals surface area contributed by atoms with Crippen molar-refractivity contribution < 1.29 is 4.79 Å². The van der Waals surface area contributed by atoms with Gasteiger partial charge in [-0.05, 0) is 31.2 Å². The second-order valence-electron chi connectivity index (χ2n) is 7.14. The first-order chi connectivity index (χ1) is 11.7. The highest BCUT2D eigenvalue weighted by atomic mass is 16.1. The first kappa shape index (κ1) is 15.4. The first-order valence-electron chi connectivity index (χ1n) is 9.24. The topological polar surface area (TPSA) is 58.7 Å². The molecule has 0 saturated heterocycles. The monoisotopic (exact) mass is 321 g/mol. The second kappa shape index (κ2) is 6.05. The fourth-order valence-electron chi connectivity index (χ4n) is 4.50. The Hall–Kier alpha value is -2.15. The van der Waals surface area contributed by atoms with E-state index in [4.69, 9.17) is 4.98 Å². The van der Waals surface area contributed by atoms with E-state index in [0.29, 0.717) is 18.0 Å². The fourth-order valence-corrected chi connectivity index (χ4v) is 4.50. The van der Waals surface area contributed by atoms with Crippen LogP contribution >= 0.6 is 0 Å². The van der Waals surface area contributed by atoms with Crippen LogP contribution in [0.5, 0.6) is 0 Å². The molecule has 24 heavy (non-hydrogen) atoms. The number of hydrogen-bond donors (Lipinski definition) is 0. The van der Waals surface area contributed by atoms with Crippen LogP contribution in [0.25, 0.3) is 11.0 Å². The molecule has 0 N–H and O–H groups in total. The molecule has 1 fully saturated rings. The molecular formula is C20H23N3O. The Kier molecular flexibility index (Phi) is 3.88. The molecule has 4 nitrogen and oxygen atoms in total. The Morgan fingerprint density at radius 1 is 1.29 bits per heavy atom. The highest BCUT2D eigenvalue weighted by Crippen LogP contribution is 2.37. The molecule has 0 aromatic carbocycles. The fraction of sp³-hybridized carbons (Fsp3) is 0.550. The number of carbonyl (C=O) groups is 1. The summed E-state index contributed by atoms with van der Waals surface area (Å²) >= 11 is 0. The van der Waals surface area contributed by atoms with Crippen molar-refractivity contribution in [2.75, 3.05) is 0 Å². The van der Waals surface area contributed by atoms with Crippen molar-refractivity contribution in [3.05, 3.63) is 28.6 Å². The summed E-state index contributed by atoms with van der Waals surface area (Å²) in [4.78, 5) is 17.3. The quantitative estimate of drug-likeness (QED) is 0.836. The van der Waals surface area contributed by atoms with Crippen LogP contribution in [0.1, 0.15) is 85.1 Å². The highest BCUT2D eigenvalue weighted by Gasteiger charge is 2.30. The lowest BCUT2D eigenvalue weighted by molar-refractivity contribution is 0.0994. The van der Waals surface area contributed by atoms with Gasteiger partial charge in [-0.1, -0.05) is 32.6 Å². The minimum Gasteiger partial charge on any atom is -0.328 e. The van der Waals surface area contributed by atoms with Crippen LogP contribution in [0.2, 0.25) is 0 Å². The number of rotatable bonds is 3. The maximum absolute atomic E-state index is 12.4. The van der Waals surface area contributed by atoms with Crippen LogP contribution in [-0.2, 0) is 12.8 Å². The number of carbonyl (C=O) groups excluding carboxylic acids is 1. The van der Waals surface area contributed by atoms with Crippen molar-refractivity contribution >= 4 is 16.8 Å². The maximum atomic E-state index is 12.4. The van der Waals surface area contributed by atoms with Crippen molar-refractivity contribution in [1.29, 1.82) is 5.26 Å². The summed E-state index contributed by atoms with van der Waals surface area (Å²) in [5.74, 6) is 0.206. The normalized spacial score (nSPS) is 18.1. The summed E-state index contributed by atoms with van der Waals surface area (Å²) in [6.45, 7) is 2.13. The summed E-state index contributed by atoms with van der Waals surface area (Å²) in [5.41, 5.74) is 4.48. The summed E-state index contributed by atoms with van der Waals surface area (Å²) in [6.07, 6.45) is 11.2. The van der Waals surface area contributed by atoms with Gasteiger partial charge >= 0.3 is 0 Å². The van der Waals surface area contributed by atoms with Gasteiger partial charge in [0.05, 0.1) is 11.3 Å². The van der Waals surface area contributed by atoms with Gasteiger partial charge in [-0.2, -0.15) is 5.26 Å². The Bertz CT molecular complexity index is 850. The van der Waals surface area contributed by atoms with E-state index in [-0.39, 0.29) is 5.78 Å². The van der Waals surface area contributed by atoms with Gasteiger partial charge in [0.25, 0.3) is 0 Å². The van der Waals surface area contributed by atoms with E-state index >= 15 is 0 Å². The number of nitriles is 1. The number of aryl methyl sites for hydroxylation is 2. The number of ketones is 1. The van der Waals surface area contributed by atoms with Crippen LogP contribution in [0.3, 0.4) is 0 Å². The van der Waals surface area contributed by atoms with Gasteiger partial charge in [0.15, 0.2) is 5.78 Å². The lowest BCUT2D eigenvalue weighted by Gasteiger charge is -2.24. The van der Waals surface area contributed by atoms with Gasteiger partial charge in [-0.3, -0.25) is 4.79 Å². The van der Waals surface area contributed by atoms with Crippen LogP contribution in [-0.4, -0.2) is 15.3 Å². The number of pyridine rings is 1. The summed E-state index contributed by atoms with van der Waals surface area (Å²) in [5, 5.41) is 10.6. The predicted molar refractivity (Wildman–Crippen MR) is 93.2 cm³/mol. The molecule has 2 aliphatic rings. The molecule has 2 aromatic rings. The van der Waals surface area contributed by atoms with Gasteiger partial charge in [0.1, 0.15) is 11.7 Å². The standard InChI is InChI=1S/C20H23N3O/c1-2-6-15-18-13(11-21)12-23(14-7-4-3-5-8-14)20(18)22-16-9-10-17(24)19(15)16/h12,14H,2-10H2,1H3. The van der Waals surface area contributed by atoms with E-state index in [1.165, 1.54) is 19.3 Å². The van der Waals surface area contributed by atoms with Crippen molar-refractivity contribution in [3.63, 3.8) is 0 Å². The molecule has 2 aliphatic carbocycles. The van der Waals surface area contributed by atoms with Crippen molar-refractivity contribution in [1.82, 2.24) is 9.55 Å². The average Bonchev–Trinajstić information content (AvgIpc) is 3.17. The maximum Gasteiger partial charge on any atom is 0.165 e. The summed E-state index contributed by atoms with van der Waals surface area (Å²) in [6, 6.07) is 2.81. The first-order valence-corrected chi connectivity index (χ1v) is 9.24. The minimum atomic E-state index is 0.206. The molecule has 0 amide bonds. The zero-order chi connectivity index (χ0) is 16.7. The second-order valence-corrected chi connectivity index (χ2v) is 7.14. The van der Waals surface area contributed by atoms with Crippen LogP contribution in [0.15, 0.2) is 6.20 Å². The zero-order valence-electron chi connectivity index (χ0n) is 14.3. The largest absolute Gasteiger partial charge is 0.328 e. The molecule has 0 unspecified atom stereocenters. The van der Waals surface area contributed by atoms with E-state index in [1.54, 1.807) is 0 Å². The summed E-state index contributed by atoms with van der Waals surface area (Å²) < 4.78 is 2.25. The lowest BCUT2D eigenvalue weighted by Crippen LogP contribution is -2.13. The van der Waals surface area contributed by atoms with Gasteiger partial charge in [-0.15, -0.1) is 0 Å². The third kappa shape index (κ3) is 2.26. The predicted octanol–water partition coefficient (Wildman–Crippen LogP) is 4.49. The SMILES string of the molecule is CCCc1c2c(nc3c1c(C#N)cn3C1CCCCC1)CCC2=O. The Labute approximate surface area is 142 Å². The molecule has 0 aliphatic heterocycles. The molecule has 1 saturated carbocycles. The van der Waals surface area contributed by atoms with Gasteiger partial charge in [-0.25, -0.2) is 4.98 Å². The molecule has 0 bridgehead atoms. The highest BCUT2D eigenvalue weighted by molar-refractivity contribution is 6.05. The number of fused-ring (bicyclic) bond motifs is 2. The number of hydrogen-bond acceptors (Lipinski definition) is 3. The van der Waals surface area contributed by atoms with E-state index < -0.39 is 0 Å². The Balaban J connectivity index is 1.99. The van der Waals surface area contributed by atoms with E-state index in [1.807, 2.05) is 6.20 Å². The molecule has 0 radical (unpaired) electrons. The molecule has 124 valence electrons. The van der Waals surface area contributed by atoms with Crippen molar-refractivity contribution in [3.8, 4) is 6.07 Å². The zero-order valence-corrected chi connectivity index (χ0v) is 14.3. The van der Waals surface area contributed by atoms with Gasteiger partial charge in [0, 0.05) is 29.6 Å². The van der Waals surface area contributed by atoms with Gasteiger partial charge < -0.3 is 4.57 Å². The number of Topliss-reactive ketones (excluding diaryl/α,β-unsaturated/α-hetero) is 1. The minimum absolute atomic E-state index is 0.206. The Morgan fingerprint density at radius 2 is 2.08 bits per heavy atom. The molecular weight excluding hydrogens is 298 g/mol. The third-order valence-electron chi connectivity index (χ3n) is 5.59. The number of nitrogens with zero attached hydrogens (tertiary/aromatic N) is 3. The molecule has 4 rings (SSSR count). The van der Waals surface area contributed by atoms with E-state index in [9.17, 15) is 10.1 Å². The van der Waals surface area contributed by atoms with E-state index in [2.05, 4.69) is 17.6 Å². The number of aromatic nitrogens is 2. The molecule has 2 aromatic heterocycles.